The maximum absolute atomic E-state index is 9.43. The molecule has 0 amide bonds. The lowest BCUT2D eigenvalue weighted by atomic mass is 10.0. The molecule has 5 nitrogen and oxygen atoms in total. The van der Waals surface area contributed by atoms with Gasteiger partial charge in [0.25, 0.3) is 0 Å². The number of nitrogens with one attached hydrogen (secondary N) is 1. The number of nitrogens with zero attached hydrogens (tertiary/aromatic N) is 1. The van der Waals surface area contributed by atoms with E-state index in [4.69, 9.17) is 10.00 Å². The van der Waals surface area contributed by atoms with Gasteiger partial charge >= 0.3 is 0 Å². The minimum absolute atomic E-state index is 0.102. The summed E-state index contributed by atoms with van der Waals surface area (Å²) >= 11 is 0. The minimum atomic E-state index is -1.15. The molecule has 1 fully saturated rings. The Morgan fingerprint density at radius 1 is 1.62 bits per heavy atom. The molecule has 5 heteroatoms. The summed E-state index contributed by atoms with van der Waals surface area (Å²) in [6.45, 7) is 1.98. The maximum atomic E-state index is 9.43. The summed E-state index contributed by atoms with van der Waals surface area (Å²) in [4.78, 5) is 0. The molecule has 0 saturated carbocycles. The fourth-order valence-electron chi connectivity index (χ4n) is 1.45. The summed E-state index contributed by atoms with van der Waals surface area (Å²) in [7, 11) is 0. The summed E-state index contributed by atoms with van der Waals surface area (Å²) in [5, 5.41) is 29.8. The Kier molecular flexibility index (Phi) is 3.63. The van der Waals surface area contributed by atoms with Crippen LogP contribution in [0.5, 0.6) is 0 Å². The van der Waals surface area contributed by atoms with Crippen LogP contribution >= 0.6 is 0 Å². The molecule has 4 atom stereocenters. The van der Waals surface area contributed by atoms with E-state index in [0.29, 0.717) is 6.42 Å². The van der Waals surface area contributed by atoms with Gasteiger partial charge in [-0.15, -0.1) is 0 Å². The van der Waals surface area contributed by atoms with Crippen molar-refractivity contribution in [3.05, 3.63) is 0 Å². The molecular weight excluding hydrogens is 172 g/mol. The number of nitriles is 1. The van der Waals surface area contributed by atoms with Gasteiger partial charge in [0.05, 0.1) is 18.7 Å². The maximum Gasteiger partial charge on any atom is 0.182 e. The SMILES string of the molecule is CC1CC(NCC#N)C(O)C(O)O1. The molecule has 74 valence electrons. The van der Waals surface area contributed by atoms with E-state index in [1.165, 1.54) is 0 Å². The summed E-state index contributed by atoms with van der Waals surface area (Å²) in [5.41, 5.74) is 0. The molecule has 4 unspecified atom stereocenters. The average molecular weight is 186 g/mol. The molecule has 0 aromatic carbocycles. The van der Waals surface area contributed by atoms with Crippen molar-refractivity contribution in [3.63, 3.8) is 0 Å². The van der Waals surface area contributed by atoms with Gasteiger partial charge in [0.1, 0.15) is 6.10 Å². The van der Waals surface area contributed by atoms with E-state index in [0.717, 1.165) is 0 Å². The first-order valence-corrected chi connectivity index (χ1v) is 4.27. The Morgan fingerprint density at radius 3 is 2.92 bits per heavy atom. The third kappa shape index (κ3) is 2.64. The lowest BCUT2D eigenvalue weighted by Gasteiger charge is -2.35. The second-order valence-electron chi connectivity index (χ2n) is 3.21. The first kappa shape index (κ1) is 10.4. The number of hydrogen-bond donors (Lipinski definition) is 3. The van der Waals surface area contributed by atoms with Crippen LogP contribution in [0, 0.1) is 11.3 Å². The van der Waals surface area contributed by atoms with Crippen LogP contribution < -0.4 is 5.32 Å². The quantitative estimate of drug-likeness (QED) is 0.479. The largest absolute Gasteiger partial charge is 0.386 e. The number of hydrogen-bond acceptors (Lipinski definition) is 5. The van der Waals surface area contributed by atoms with E-state index in [-0.39, 0.29) is 18.7 Å². The smallest absolute Gasteiger partial charge is 0.182 e. The molecule has 0 aliphatic carbocycles. The average Bonchev–Trinajstić information content (AvgIpc) is 2.09. The molecule has 3 N–H and O–H groups in total. The van der Waals surface area contributed by atoms with Gasteiger partial charge in [-0.1, -0.05) is 0 Å². The van der Waals surface area contributed by atoms with Crippen LogP contribution in [-0.4, -0.2) is 41.3 Å². The predicted molar refractivity (Wildman–Crippen MR) is 44.6 cm³/mol. The molecule has 0 radical (unpaired) electrons. The molecule has 1 rings (SSSR count). The zero-order valence-corrected chi connectivity index (χ0v) is 7.47. The summed E-state index contributed by atoms with van der Waals surface area (Å²) in [6, 6.07) is 1.66. The summed E-state index contributed by atoms with van der Waals surface area (Å²) in [5.74, 6) is 0. The van der Waals surface area contributed by atoms with Crippen LogP contribution in [0.4, 0.5) is 0 Å². The van der Waals surface area contributed by atoms with E-state index >= 15 is 0 Å². The fraction of sp³-hybridized carbons (Fsp3) is 0.875. The lowest BCUT2D eigenvalue weighted by molar-refractivity contribution is -0.220. The van der Waals surface area contributed by atoms with Gasteiger partial charge in [0, 0.05) is 6.04 Å². The second kappa shape index (κ2) is 4.53. The van der Waals surface area contributed by atoms with E-state index < -0.39 is 12.4 Å². The van der Waals surface area contributed by atoms with Gasteiger partial charge in [-0.3, -0.25) is 5.32 Å². The van der Waals surface area contributed by atoms with Gasteiger partial charge in [0.2, 0.25) is 0 Å². The van der Waals surface area contributed by atoms with Gasteiger partial charge in [-0.25, -0.2) is 0 Å². The molecule has 1 heterocycles. The molecule has 1 aliphatic rings. The monoisotopic (exact) mass is 186 g/mol. The van der Waals surface area contributed by atoms with Crippen LogP contribution in [0.1, 0.15) is 13.3 Å². The van der Waals surface area contributed by atoms with Crippen LogP contribution in [0.3, 0.4) is 0 Å². The standard InChI is InChI=1S/C8H14N2O3/c1-5-4-6(10-3-2-9)7(11)8(12)13-5/h5-8,10-12H,3-4H2,1H3. The highest BCUT2D eigenvalue weighted by Crippen LogP contribution is 2.18. The van der Waals surface area contributed by atoms with Gasteiger partial charge in [0.15, 0.2) is 6.29 Å². The fourth-order valence-corrected chi connectivity index (χ4v) is 1.45. The molecule has 13 heavy (non-hydrogen) atoms. The lowest BCUT2D eigenvalue weighted by Crippen LogP contribution is -2.53. The van der Waals surface area contributed by atoms with Crippen LogP contribution in [0.25, 0.3) is 0 Å². The van der Waals surface area contributed by atoms with Crippen molar-refractivity contribution in [1.82, 2.24) is 5.32 Å². The van der Waals surface area contributed by atoms with Gasteiger partial charge in [-0.2, -0.15) is 5.26 Å². The zero-order chi connectivity index (χ0) is 9.84. The van der Waals surface area contributed by atoms with E-state index in [9.17, 15) is 10.2 Å². The number of rotatable bonds is 2. The first-order chi connectivity index (χ1) is 6.15. The second-order valence-corrected chi connectivity index (χ2v) is 3.21. The van der Waals surface area contributed by atoms with Crippen LogP contribution in [-0.2, 0) is 4.74 Å². The van der Waals surface area contributed by atoms with Crippen molar-refractivity contribution in [3.8, 4) is 6.07 Å². The summed E-state index contributed by atoms with van der Waals surface area (Å²) in [6.07, 6.45) is -1.61. The Labute approximate surface area is 76.9 Å². The Balaban J connectivity index is 2.46. The van der Waals surface area contributed by atoms with Crippen LogP contribution in [0.15, 0.2) is 0 Å². The number of ether oxygens (including phenoxy) is 1. The van der Waals surface area contributed by atoms with Crippen molar-refractivity contribution in [2.24, 2.45) is 0 Å². The highest BCUT2D eigenvalue weighted by atomic mass is 16.6. The molecule has 0 aromatic heterocycles. The van der Waals surface area contributed by atoms with E-state index in [1.54, 1.807) is 0 Å². The third-order valence-electron chi connectivity index (χ3n) is 2.11. The molecule has 0 aromatic rings. The Morgan fingerprint density at radius 2 is 2.31 bits per heavy atom. The molecule has 0 bridgehead atoms. The van der Waals surface area contributed by atoms with E-state index in [1.807, 2.05) is 13.0 Å². The third-order valence-corrected chi connectivity index (χ3v) is 2.11. The highest BCUT2D eigenvalue weighted by molar-refractivity contribution is 4.87. The molecular formula is C8H14N2O3. The van der Waals surface area contributed by atoms with Gasteiger partial charge < -0.3 is 14.9 Å². The van der Waals surface area contributed by atoms with Crippen molar-refractivity contribution >= 4 is 0 Å². The number of aliphatic hydroxyl groups excluding tert-OH is 2. The van der Waals surface area contributed by atoms with Crippen molar-refractivity contribution in [2.75, 3.05) is 6.54 Å². The Hall–Kier alpha value is -0.670. The van der Waals surface area contributed by atoms with Crippen molar-refractivity contribution in [1.29, 1.82) is 5.26 Å². The van der Waals surface area contributed by atoms with E-state index in [2.05, 4.69) is 5.32 Å². The topological polar surface area (TPSA) is 85.5 Å². The predicted octanol–water partition coefficient (Wildman–Crippen LogP) is -1.04. The molecule has 1 saturated heterocycles. The minimum Gasteiger partial charge on any atom is -0.386 e. The zero-order valence-electron chi connectivity index (χ0n) is 7.47. The van der Waals surface area contributed by atoms with Gasteiger partial charge in [-0.05, 0) is 13.3 Å². The molecule has 0 spiro atoms. The highest BCUT2D eigenvalue weighted by Gasteiger charge is 2.34. The number of aliphatic hydroxyl groups is 2. The van der Waals surface area contributed by atoms with Crippen LogP contribution in [0.2, 0.25) is 0 Å². The van der Waals surface area contributed by atoms with Crippen molar-refractivity contribution in [2.45, 2.75) is 37.9 Å². The summed E-state index contributed by atoms with van der Waals surface area (Å²) < 4.78 is 4.99. The Bertz CT molecular complexity index is 204. The first-order valence-electron chi connectivity index (χ1n) is 4.27. The van der Waals surface area contributed by atoms with Crippen molar-refractivity contribution < 1.29 is 14.9 Å². The molecule has 1 aliphatic heterocycles. The normalized spacial score (nSPS) is 39.8.